The summed E-state index contributed by atoms with van der Waals surface area (Å²) in [7, 11) is 2.20. The third-order valence-corrected chi connectivity index (χ3v) is 4.87. The van der Waals surface area contributed by atoms with Crippen LogP contribution in [-0.2, 0) is 6.42 Å². The van der Waals surface area contributed by atoms with Gasteiger partial charge in [-0.25, -0.2) is 4.98 Å². The molecule has 0 spiro atoms. The zero-order chi connectivity index (χ0) is 11.5. The van der Waals surface area contributed by atoms with Crippen LogP contribution in [0.5, 0.6) is 0 Å². The van der Waals surface area contributed by atoms with Crippen molar-refractivity contribution in [2.24, 2.45) is 0 Å². The van der Waals surface area contributed by atoms with E-state index >= 15 is 0 Å². The largest absolute Gasteiger partial charge is 0.306 e. The lowest BCUT2D eigenvalue weighted by atomic mass is 9.98. The molecule has 0 radical (unpaired) electrons. The summed E-state index contributed by atoms with van der Waals surface area (Å²) >= 11 is 7.67. The number of thiazole rings is 1. The number of likely N-dealkylation sites (tertiary alicyclic amines) is 1. The molecule has 1 aromatic heterocycles. The molecule has 1 saturated heterocycles. The summed E-state index contributed by atoms with van der Waals surface area (Å²) < 4.78 is 0. The number of hydrogen-bond donors (Lipinski definition) is 0. The van der Waals surface area contributed by atoms with Crippen molar-refractivity contribution in [3.05, 3.63) is 15.6 Å². The maximum Gasteiger partial charge on any atom is 0.0962 e. The maximum absolute atomic E-state index is 5.79. The van der Waals surface area contributed by atoms with Gasteiger partial charge in [-0.3, -0.25) is 0 Å². The molecule has 0 aromatic carbocycles. The van der Waals surface area contributed by atoms with Crippen LogP contribution in [0.2, 0.25) is 0 Å². The Balaban J connectivity index is 2.06. The molecule has 0 unspecified atom stereocenters. The minimum absolute atomic E-state index is 0.684. The van der Waals surface area contributed by atoms with Crippen molar-refractivity contribution >= 4 is 22.9 Å². The average Bonchev–Trinajstić information content (AvgIpc) is 2.62. The highest BCUT2D eigenvalue weighted by Crippen LogP contribution is 2.32. The van der Waals surface area contributed by atoms with Gasteiger partial charge in [0.2, 0.25) is 0 Å². The predicted octanol–water partition coefficient (Wildman–Crippen LogP) is 3.04. The molecule has 1 fully saturated rings. The molecule has 0 N–H and O–H groups in total. The van der Waals surface area contributed by atoms with Crippen molar-refractivity contribution in [2.45, 2.75) is 32.1 Å². The third-order valence-electron chi connectivity index (χ3n) is 3.30. The van der Waals surface area contributed by atoms with Gasteiger partial charge in [0.15, 0.2) is 0 Å². The second-order valence-electron chi connectivity index (χ2n) is 4.58. The van der Waals surface area contributed by atoms with Crippen molar-refractivity contribution in [2.75, 3.05) is 26.0 Å². The van der Waals surface area contributed by atoms with Crippen LogP contribution in [0.3, 0.4) is 0 Å². The van der Waals surface area contributed by atoms with E-state index < -0.39 is 0 Å². The molecule has 1 aromatic rings. The van der Waals surface area contributed by atoms with E-state index in [2.05, 4.69) is 18.9 Å². The Hall–Kier alpha value is -0.120. The van der Waals surface area contributed by atoms with Gasteiger partial charge in [0.25, 0.3) is 0 Å². The molecule has 2 rings (SSSR count). The Morgan fingerprint density at radius 1 is 1.44 bits per heavy atom. The van der Waals surface area contributed by atoms with Crippen LogP contribution in [0.15, 0.2) is 0 Å². The Kier molecular flexibility index (Phi) is 4.22. The second kappa shape index (κ2) is 5.48. The highest BCUT2D eigenvalue weighted by atomic mass is 35.5. The summed E-state index contributed by atoms with van der Waals surface area (Å²) in [5.41, 5.74) is 1.19. The number of aromatic nitrogens is 1. The quantitative estimate of drug-likeness (QED) is 0.775. The van der Waals surface area contributed by atoms with E-state index in [4.69, 9.17) is 16.6 Å². The lowest BCUT2D eigenvalue weighted by Crippen LogP contribution is -2.29. The average molecular weight is 259 g/mol. The molecular weight excluding hydrogens is 240 g/mol. The Bertz CT molecular complexity index is 343. The number of aryl methyl sites for hydroxylation is 2. The van der Waals surface area contributed by atoms with E-state index in [1.165, 1.54) is 41.5 Å². The maximum atomic E-state index is 5.79. The van der Waals surface area contributed by atoms with Gasteiger partial charge in [-0.2, -0.15) is 0 Å². The lowest BCUT2D eigenvalue weighted by molar-refractivity contribution is 0.255. The molecule has 16 heavy (non-hydrogen) atoms. The van der Waals surface area contributed by atoms with Crippen LogP contribution in [-0.4, -0.2) is 35.9 Å². The van der Waals surface area contributed by atoms with Crippen LogP contribution in [0.1, 0.15) is 34.3 Å². The molecule has 2 heterocycles. The van der Waals surface area contributed by atoms with Gasteiger partial charge in [0.05, 0.1) is 10.7 Å². The zero-order valence-electron chi connectivity index (χ0n) is 10.0. The highest BCUT2D eigenvalue weighted by molar-refractivity contribution is 7.11. The highest BCUT2D eigenvalue weighted by Gasteiger charge is 2.22. The van der Waals surface area contributed by atoms with Crippen molar-refractivity contribution in [1.82, 2.24) is 9.88 Å². The fraction of sp³-hybridized carbons (Fsp3) is 0.750. The van der Waals surface area contributed by atoms with Gasteiger partial charge >= 0.3 is 0 Å². The van der Waals surface area contributed by atoms with Gasteiger partial charge in [0, 0.05) is 16.7 Å². The second-order valence-corrected chi connectivity index (χ2v) is 6.07. The first-order chi connectivity index (χ1) is 7.70. The zero-order valence-corrected chi connectivity index (χ0v) is 11.6. The van der Waals surface area contributed by atoms with Crippen molar-refractivity contribution in [1.29, 1.82) is 0 Å². The van der Waals surface area contributed by atoms with Gasteiger partial charge in [0.1, 0.15) is 0 Å². The van der Waals surface area contributed by atoms with Gasteiger partial charge in [-0.1, -0.05) is 0 Å². The minimum atomic E-state index is 0.684. The fourth-order valence-corrected chi connectivity index (χ4v) is 3.73. The normalized spacial score (nSPS) is 19.2. The van der Waals surface area contributed by atoms with E-state index in [9.17, 15) is 0 Å². The lowest BCUT2D eigenvalue weighted by Gasteiger charge is -2.27. The van der Waals surface area contributed by atoms with E-state index in [-0.39, 0.29) is 0 Å². The summed E-state index contributed by atoms with van der Waals surface area (Å²) in [5, 5.41) is 1.34. The summed E-state index contributed by atoms with van der Waals surface area (Å²) in [6.45, 7) is 4.51. The Labute approximate surface area is 107 Å². The predicted molar refractivity (Wildman–Crippen MR) is 70.7 cm³/mol. The molecule has 0 saturated carbocycles. The van der Waals surface area contributed by atoms with Gasteiger partial charge in [-0.15, -0.1) is 22.9 Å². The van der Waals surface area contributed by atoms with E-state index in [0.29, 0.717) is 11.8 Å². The van der Waals surface area contributed by atoms with Crippen LogP contribution >= 0.6 is 22.9 Å². The van der Waals surface area contributed by atoms with Crippen molar-refractivity contribution in [3.63, 3.8) is 0 Å². The molecule has 90 valence electrons. The summed E-state index contributed by atoms with van der Waals surface area (Å²) in [6, 6.07) is 0. The molecule has 1 aliphatic rings. The molecule has 0 amide bonds. The first kappa shape index (κ1) is 12.3. The van der Waals surface area contributed by atoms with Crippen LogP contribution in [0, 0.1) is 6.92 Å². The monoisotopic (exact) mass is 258 g/mol. The SMILES string of the molecule is Cc1nc(C2CCN(C)CC2)sc1CCCl. The third kappa shape index (κ3) is 2.76. The summed E-state index contributed by atoms with van der Waals surface area (Å²) in [6.07, 6.45) is 3.48. The van der Waals surface area contributed by atoms with Gasteiger partial charge in [-0.05, 0) is 46.3 Å². The van der Waals surface area contributed by atoms with Crippen LogP contribution < -0.4 is 0 Å². The van der Waals surface area contributed by atoms with E-state index in [1.807, 2.05) is 11.3 Å². The molecule has 1 aliphatic heterocycles. The molecule has 2 nitrogen and oxygen atoms in total. The minimum Gasteiger partial charge on any atom is -0.306 e. The molecule has 0 bridgehead atoms. The number of piperidine rings is 1. The number of alkyl halides is 1. The first-order valence-corrected chi connectivity index (χ1v) is 7.26. The smallest absolute Gasteiger partial charge is 0.0962 e. The summed E-state index contributed by atoms with van der Waals surface area (Å²) in [5.74, 6) is 1.39. The Morgan fingerprint density at radius 2 is 2.12 bits per heavy atom. The van der Waals surface area contributed by atoms with E-state index in [1.54, 1.807) is 0 Å². The van der Waals surface area contributed by atoms with Crippen LogP contribution in [0.4, 0.5) is 0 Å². The number of halogens is 1. The van der Waals surface area contributed by atoms with Crippen molar-refractivity contribution in [3.8, 4) is 0 Å². The van der Waals surface area contributed by atoms with E-state index in [0.717, 1.165) is 6.42 Å². The summed E-state index contributed by atoms with van der Waals surface area (Å²) in [4.78, 5) is 8.50. The molecular formula is C12H19ClN2S. The molecule has 0 atom stereocenters. The van der Waals surface area contributed by atoms with Gasteiger partial charge < -0.3 is 4.90 Å². The standard InChI is InChI=1S/C12H19ClN2S/c1-9-11(3-6-13)16-12(14-9)10-4-7-15(2)8-5-10/h10H,3-8H2,1-2H3. The fourth-order valence-electron chi connectivity index (χ4n) is 2.20. The number of rotatable bonds is 3. The van der Waals surface area contributed by atoms with Crippen LogP contribution in [0.25, 0.3) is 0 Å². The molecule has 0 aliphatic carbocycles. The topological polar surface area (TPSA) is 16.1 Å². The number of nitrogens with zero attached hydrogens (tertiary/aromatic N) is 2. The van der Waals surface area contributed by atoms with Crippen molar-refractivity contribution < 1.29 is 0 Å². The first-order valence-electron chi connectivity index (χ1n) is 5.91. The number of hydrogen-bond acceptors (Lipinski definition) is 3. The Morgan fingerprint density at radius 3 is 2.75 bits per heavy atom. The molecule has 4 heteroatoms.